The Morgan fingerprint density at radius 2 is 2.33 bits per heavy atom. The van der Waals surface area contributed by atoms with Crippen LogP contribution in [0, 0.1) is 5.82 Å². The van der Waals surface area contributed by atoms with Crippen LogP contribution in [0.15, 0.2) is 18.5 Å². The van der Waals surface area contributed by atoms with Crippen molar-refractivity contribution in [2.45, 2.75) is 0 Å². The summed E-state index contributed by atoms with van der Waals surface area (Å²) in [5.41, 5.74) is 0.206. The summed E-state index contributed by atoms with van der Waals surface area (Å²) in [4.78, 5) is 13.9. The summed E-state index contributed by atoms with van der Waals surface area (Å²) in [5.74, 6) is -0.707. The lowest BCUT2D eigenvalue weighted by molar-refractivity contribution is 0.111. The molecule has 0 aromatic carbocycles. The van der Waals surface area contributed by atoms with E-state index in [4.69, 9.17) is 11.6 Å². The zero-order chi connectivity index (χ0) is 10.8. The maximum Gasteiger partial charge on any atom is 0.186 e. The number of aldehydes is 1. The molecule has 7 heteroatoms. The number of halogens is 2. The molecular formula is C8H4ClFN4O. The fourth-order valence-corrected chi connectivity index (χ4v) is 1.19. The molecule has 0 radical (unpaired) electrons. The Balaban J connectivity index is 2.53. The van der Waals surface area contributed by atoms with Gasteiger partial charge in [0.1, 0.15) is 11.4 Å². The zero-order valence-corrected chi connectivity index (χ0v) is 8.02. The Bertz CT molecular complexity index is 513. The van der Waals surface area contributed by atoms with Gasteiger partial charge in [-0.2, -0.15) is 0 Å². The van der Waals surface area contributed by atoms with Crippen molar-refractivity contribution in [3.63, 3.8) is 0 Å². The second-order valence-corrected chi connectivity index (χ2v) is 3.00. The summed E-state index contributed by atoms with van der Waals surface area (Å²) in [6.07, 6.45) is 3.15. The van der Waals surface area contributed by atoms with Gasteiger partial charge in [0.05, 0.1) is 6.20 Å². The van der Waals surface area contributed by atoms with E-state index in [-0.39, 0.29) is 16.5 Å². The van der Waals surface area contributed by atoms with Crippen LogP contribution < -0.4 is 0 Å². The molecule has 2 rings (SSSR count). The molecule has 0 bridgehead atoms. The van der Waals surface area contributed by atoms with Crippen molar-refractivity contribution < 1.29 is 9.18 Å². The quantitative estimate of drug-likeness (QED) is 0.572. The predicted molar refractivity (Wildman–Crippen MR) is 49.5 cm³/mol. The lowest BCUT2D eigenvalue weighted by atomic mass is 10.4. The minimum Gasteiger partial charge on any atom is -0.296 e. The van der Waals surface area contributed by atoms with Gasteiger partial charge >= 0.3 is 0 Å². The Hall–Kier alpha value is -1.82. The number of hydrogen-bond acceptors (Lipinski definition) is 4. The molecule has 0 fully saturated rings. The summed E-state index contributed by atoms with van der Waals surface area (Å²) in [6, 6.07) is 1.38. The van der Waals surface area contributed by atoms with Gasteiger partial charge in [-0.25, -0.2) is 14.1 Å². The smallest absolute Gasteiger partial charge is 0.186 e. The second-order valence-electron chi connectivity index (χ2n) is 2.64. The van der Waals surface area contributed by atoms with E-state index in [1.54, 1.807) is 0 Å². The maximum atomic E-state index is 13.4. The molecule has 2 heterocycles. The SMILES string of the molecule is O=Cc1cn(-c2ccnc(Cl)c2F)nn1. The lowest BCUT2D eigenvalue weighted by Crippen LogP contribution is -2.00. The maximum absolute atomic E-state index is 13.4. The molecule has 0 unspecified atom stereocenters. The van der Waals surface area contributed by atoms with Gasteiger partial charge < -0.3 is 0 Å². The van der Waals surface area contributed by atoms with Crippen molar-refractivity contribution in [1.29, 1.82) is 0 Å². The van der Waals surface area contributed by atoms with Crippen molar-refractivity contribution in [3.05, 3.63) is 35.1 Å². The summed E-state index contributed by atoms with van der Waals surface area (Å²) in [6.45, 7) is 0. The second kappa shape index (κ2) is 3.74. The third kappa shape index (κ3) is 1.71. The first-order chi connectivity index (χ1) is 7.22. The van der Waals surface area contributed by atoms with E-state index in [1.165, 1.54) is 18.5 Å². The minimum absolute atomic E-state index is 0.0931. The van der Waals surface area contributed by atoms with Crippen LogP contribution >= 0.6 is 11.6 Å². The summed E-state index contributed by atoms with van der Waals surface area (Å²) < 4.78 is 14.5. The molecule has 15 heavy (non-hydrogen) atoms. The van der Waals surface area contributed by atoms with E-state index in [9.17, 15) is 9.18 Å². The van der Waals surface area contributed by atoms with Crippen LogP contribution in [0.3, 0.4) is 0 Å². The minimum atomic E-state index is -0.707. The van der Waals surface area contributed by atoms with E-state index in [0.29, 0.717) is 6.29 Å². The van der Waals surface area contributed by atoms with Crippen LogP contribution in [-0.2, 0) is 0 Å². The first kappa shape index (κ1) is 9.72. The number of carbonyl (C=O) groups is 1. The van der Waals surface area contributed by atoms with Crippen LogP contribution in [0.1, 0.15) is 10.5 Å². The van der Waals surface area contributed by atoms with Crippen molar-refractivity contribution in [1.82, 2.24) is 20.0 Å². The fraction of sp³-hybridized carbons (Fsp3) is 0. The Kier molecular flexibility index (Phi) is 2.42. The van der Waals surface area contributed by atoms with Gasteiger partial charge in [0.25, 0.3) is 0 Å². The zero-order valence-electron chi connectivity index (χ0n) is 7.26. The number of aromatic nitrogens is 4. The van der Waals surface area contributed by atoms with Gasteiger partial charge in [-0.15, -0.1) is 5.10 Å². The molecule has 0 aliphatic carbocycles. The molecular weight excluding hydrogens is 223 g/mol. The van der Waals surface area contributed by atoms with Crippen LogP contribution in [0.2, 0.25) is 5.15 Å². The molecule has 5 nitrogen and oxygen atoms in total. The van der Waals surface area contributed by atoms with Gasteiger partial charge in [0.2, 0.25) is 0 Å². The highest BCUT2D eigenvalue weighted by atomic mass is 35.5. The fourth-order valence-electron chi connectivity index (χ4n) is 1.03. The summed E-state index contributed by atoms with van der Waals surface area (Å²) in [7, 11) is 0. The van der Waals surface area contributed by atoms with Gasteiger partial charge in [0, 0.05) is 6.20 Å². The molecule has 0 aliphatic heterocycles. The summed E-state index contributed by atoms with van der Waals surface area (Å²) >= 11 is 5.49. The van der Waals surface area contributed by atoms with Crippen LogP contribution in [0.25, 0.3) is 5.69 Å². The number of hydrogen-bond donors (Lipinski definition) is 0. The monoisotopic (exact) mass is 226 g/mol. The Labute approximate surface area is 88.5 Å². The van der Waals surface area contributed by atoms with Crippen LogP contribution in [0.4, 0.5) is 4.39 Å². The van der Waals surface area contributed by atoms with Crippen molar-refractivity contribution in [3.8, 4) is 5.69 Å². The molecule has 0 spiro atoms. The number of carbonyl (C=O) groups excluding carboxylic acids is 1. The largest absolute Gasteiger partial charge is 0.296 e. The van der Waals surface area contributed by atoms with E-state index in [1.807, 2.05) is 0 Å². The number of nitrogens with zero attached hydrogens (tertiary/aromatic N) is 4. The summed E-state index contributed by atoms with van der Waals surface area (Å²) in [5, 5.41) is 6.81. The van der Waals surface area contributed by atoms with Crippen molar-refractivity contribution in [2.75, 3.05) is 0 Å². The molecule has 2 aromatic rings. The molecule has 0 N–H and O–H groups in total. The van der Waals surface area contributed by atoms with Gasteiger partial charge in [-0.3, -0.25) is 4.79 Å². The van der Waals surface area contributed by atoms with Gasteiger partial charge in [-0.1, -0.05) is 16.8 Å². The predicted octanol–water partition coefficient (Wildman–Crippen LogP) is 1.27. The lowest BCUT2D eigenvalue weighted by Gasteiger charge is -2.01. The first-order valence-electron chi connectivity index (χ1n) is 3.90. The molecule has 0 aliphatic rings. The topological polar surface area (TPSA) is 60.7 Å². The number of pyridine rings is 1. The first-order valence-corrected chi connectivity index (χ1v) is 4.28. The number of rotatable bonds is 2. The van der Waals surface area contributed by atoms with Gasteiger partial charge in [-0.05, 0) is 6.07 Å². The van der Waals surface area contributed by atoms with Crippen molar-refractivity contribution in [2.24, 2.45) is 0 Å². The molecule has 0 atom stereocenters. The molecule has 0 amide bonds. The van der Waals surface area contributed by atoms with Crippen LogP contribution in [-0.4, -0.2) is 26.3 Å². The van der Waals surface area contributed by atoms with Gasteiger partial charge in [0.15, 0.2) is 17.3 Å². The Morgan fingerprint density at radius 1 is 1.53 bits per heavy atom. The average molecular weight is 227 g/mol. The highest BCUT2D eigenvalue weighted by molar-refractivity contribution is 6.29. The Morgan fingerprint density at radius 3 is 3.00 bits per heavy atom. The van der Waals surface area contributed by atoms with Crippen LogP contribution in [0.5, 0.6) is 0 Å². The molecule has 0 saturated carbocycles. The third-order valence-electron chi connectivity index (χ3n) is 1.70. The van der Waals surface area contributed by atoms with E-state index < -0.39 is 5.82 Å². The molecule has 2 aromatic heterocycles. The third-order valence-corrected chi connectivity index (χ3v) is 1.97. The van der Waals surface area contributed by atoms with Crippen molar-refractivity contribution >= 4 is 17.9 Å². The standard InChI is InChI=1S/C8H4ClFN4O/c9-8-7(10)6(1-2-11-8)14-3-5(4-15)12-13-14/h1-4H. The van der Waals surface area contributed by atoms with E-state index >= 15 is 0 Å². The average Bonchev–Trinajstić information content (AvgIpc) is 2.70. The molecule has 0 saturated heterocycles. The van der Waals surface area contributed by atoms with E-state index in [0.717, 1.165) is 4.68 Å². The van der Waals surface area contributed by atoms with E-state index in [2.05, 4.69) is 15.3 Å². The normalized spacial score (nSPS) is 10.3. The highest BCUT2D eigenvalue weighted by Crippen LogP contribution is 2.17. The highest BCUT2D eigenvalue weighted by Gasteiger charge is 2.10. The molecule has 76 valence electrons.